The molecule has 11 aromatic rings. The normalized spacial score (nSPS) is 15.1. The molecule has 6 heteroatoms. The molecule has 0 amide bonds. The van der Waals surface area contributed by atoms with Crippen molar-refractivity contribution < 1.29 is 8.42 Å². The van der Waals surface area contributed by atoms with Gasteiger partial charge in [0.25, 0.3) is 0 Å². The number of nitrogens with zero attached hydrogens (tertiary/aromatic N) is 2. The third-order valence-corrected chi connectivity index (χ3v) is 15.5. The summed E-state index contributed by atoms with van der Waals surface area (Å²) in [6.07, 6.45) is 0. The number of hydrogen-bond acceptors (Lipinski definition) is 2. The van der Waals surface area contributed by atoms with Gasteiger partial charge in [0, 0.05) is 32.7 Å². The first-order valence-corrected chi connectivity index (χ1v) is 22.4. The molecule has 0 N–H and O–H groups in total. The van der Waals surface area contributed by atoms with Crippen LogP contribution in [-0.4, -0.2) is 17.6 Å². The summed E-state index contributed by atoms with van der Waals surface area (Å²) in [5, 5.41) is 4.25. The van der Waals surface area contributed by atoms with Gasteiger partial charge in [-0.2, -0.15) is 0 Å². The predicted molar refractivity (Wildman–Crippen MR) is 246 cm³/mol. The summed E-state index contributed by atoms with van der Waals surface area (Å²) in [6.45, 7) is 0. The van der Waals surface area contributed by atoms with Gasteiger partial charge < -0.3 is 9.13 Å². The molecule has 0 radical (unpaired) electrons. The van der Waals surface area contributed by atoms with Crippen LogP contribution in [0, 0.1) is 0 Å². The minimum Gasteiger partial charge on any atom is -0.307 e. The van der Waals surface area contributed by atoms with E-state index in [1.807, 2.05) is 48.5 Å². The van der Waals surface area contributed by atoms with Crippen molar-refractivity contribution in [2.24, 2.45) is 0 Å². The lowest BCUT2D eigenvalue weighted by Gasteiger charge is -2.27. The number of hydrogen-bond donors (Lipinski definition) is 0. The maximum absolute atomic E-state index is 15.6. The molecule has 0 saturated carbocycles. The van der Waals surface area contributed by atoms with Crippen LogP contribution in [-0.2, 0) is 21.6 Å². The second-order valence-corrected chi connectivity index (χ2v) is 18.4. The Morgan fingerprint density at radius 1 is 0.317 bits per heavy atom. The summed E-state index contributed by atoms with van der Waals surface area (Å²) >= 11 is 0. The molecule has 13 rings (SSSR count). The summed E-state index contributed by atoms with van der Waals surface area (Å²) < 4.78 is 35.8. The highest BCUT2D eigenvalue weighted by Crippen LogP contribution is 2.51. The van der Waals surface area contributed by atoms with Crippen molar-refractivity contribution in [3.05, 3.63) is 194 Å². The lowest BCUT2D eigenvalue weighted by Crippen LogP contribution is -2.16. The molecule has 9 aromatic carbocycles. The first-order valence-electron chi connectivity index (χ1n) is 20.1. The first-order chi connectivity index (χ1) is 29.6. The average molecular weight is 805 g/mol. The van der Waals surface area contributed by atoms with Crippen LogP contribution >= 0.6 is 0 Å². The van der Waals surface area contributed by atoms with Crippen molar-refractivity contribution in [1.29, 1.82) is 0 Å². The summed E-state index contributed by atoms with van der Waals surface area (Å²) in [4.78, 5) is 2.98. The van der Waals surface area contributed by atoms with Gasteiger partial charge in [0.1, 0.15) is 0 Å². The van der Waals surface area contributed by atoms with Crippen LogP contribution in [0.5, 0.6) is 0 Å². The zero-order chi connectivity index (χ0) is 39.6. The van der Waals surface area contributed by atoms with Gasteiger partial charge in [-0.25, -0.2) is 8.42 Å². The van der Waals surface area contributed by atoms with E-state index >= 15 is 8.42 Å². The molecule has 0 fully saturated rings. The molecule has 4 nitrogen and oxygen atoms in total. The van der Waals surface area contributed by atoms with E-state index in [0.29, 0.717) is 9.79 Å². The first kappa shape index (κ1) is 33.8. The van der Waals surface area contributed by atoms with E-state index in [-0.39, 0.29) is 0 Å². The summed E-state index contributed by atoms with van der Waals surface area (Å²) in [6, 6.07) is 67.4. The summed E-state index contributed by atoms with van der Waals surface area (Å²) in [5.74, 6) is 0. The maximum atomic E-state index is 15.6. The lowest BCUT2D eigenvalue weighted by atomic mass is 10.0. The Labute approximate surface area is 350 Å². The highest BCUT2D eigenvalue weighted by molar-refractivity contribution is 7.86. The molecule has 2 atom stereocenters. The molecule has 2 aromatic heterocycles. The highest BCUT2D eigenvalue weighted by atomic mass is 32.2. The van der Waals surface area contributed by atoms with Gasteiger partial charge in [0.05, 0.1) is 74.6 Å². The highest BCUT2D eigenvalue weighted by Gasteiger charge is 2.36. The Bertz CT molecular complexity index is 3420. The van der Waals surface area contributed by atoms with Crippen molar-refractivity contribution in [3.8, 4) is 55.9 Å². The van der Waals surface area contributed by atoms with E-state index in [0.717, 1.165) is 109 Å². The quantitative estimate of drug-likeness (QED) is 0.178. The topological polar surface area (TPSA) is 44.0 Å². The molecule has 0 saturated heterocycles. The Morgan fingerprint density at radius 2 is 0.667 bits per heavy atom. The lowest BCUT2D eigenvalue weighted by molar-refractivity contribution is 0.678. The van der Waals surface area contributed by atoms with Gasteiger partial charge in [-0.3, -0.25) is 0 Å². The Morgan fingerprint density at radius 3 is 1.05 bits per heavy atom. The summed E-state index contributed by atoms with van der Waals surface area (Å²) in [7, 11) is -3.17. The molecule has 4 heterocycles. The van der Waals surface area contributed by atoms with Gasteiger partial charge in [-0.1, -0.05) is 170 Å². The molecule has 0 aliphatic carbocycles. The second kappa shape index (κ2) is 12.7. The van der Waals surface area contributed by atoms with Crippen LogP contribution in [0.15, 0.2) is 214 Å². The van der Waals surface area contributed by atoms with Crippen LogP contribution in [0.1, 0.15) is 0 Å². The zero-order valence-electron chi connectivity index (χ0n) is 32.0. The zero-order valence-corrected chi connectivity index (χ0v) is 33.6. The van der Waals surface area contributed by atoms with Crippen molar-refractivity contribution in [1.82, 2.24) is 9.13 Å². The van der Waals surface area contributed by atoms with E-state index < -0.39 is 21.6 Å². The standard InChI is InChI=1S/C54H32N2O2S2/c57-59-49-32-48-50(60(58)54-40(36-19-11-4-12-20-36)26-28-44-42-24-22-38(34-15-7-2-8-16-34)30-46(42)56(48)52(44)54)31-47(49)55-45-29-37(33-13-5-1-6-14-33)21-23-41(45)43-27-25-39(53(59)51(43)55)35-17-9-3-10-18-35/h1-32H. The third-order valence-electron chi connectivity index (χ3n) is 12.4. The second-order valence-electron chi connectivity index (χ2n) is 15.6. The van der Waals surface area contributed by atoms with Crippen LogP contribution < -0.4 is 0 Å². The Kier molecular flexibility index (Phi) is 7.15. The van der Waals surface area contributed by atoms with Crippen LogP contribution in [0.25, 0.3) is 99.5 Å². The van der Waals surface area contributed by atoms with E-state index in [1.165, 1.54) is 0 Å². The minimum atomic E-state index is -1.58. The van der Waals surface area contributed by atoms with Crippen molar-refractivity contribution in [3.63, 3.8) is 0 Å². The van der Waals surface area contributed by atoms with E-state index in [2.05, 4.69) is 155 Å². The number of benzene rings is 9. The largest absolute Gasteiger partial charge is 0.307 e. The summed E-state index contributed by atoms with van der Waals surface area (Å²) in [5.41, 5.74) is 13.8. The minimum absolute atomic E-state index is 0.697. The average Bonchev–Trinajstić information content (AvgIpc) is 3.83. The third kappa shape index (κ3) is 4.66. The molecule has 2 aliphatic heterocycles. The van der Waals surface area contributed by atoms with E-state index in [1.54, 1.807) is 0 Å². The van der Waals surface area contributed by atoms with Crippen molar-refractivity contribution in [2.75, 3.05) is 0 Å². The number of aromatic nitrogens is 2. The number of fused-ring (bicyclic) bond motifs is 10. The molecule has 0 bridgehead atoms. The molecule has 0 spiro atoms. The van der Waals surface area contributed by atoms with Gasteiger partial charge in [0.2, 0.25) is 0 Å². The SMILES string of the molecule is O=S1c2cc3c(cc2-n2c4cc(-c5ccccc5)ccc4c4ccc(-c5ccccc5)c1c42)S(=O)c1c(-c2ccccc2)ccc2c4ccc(-c5ccccc5)cc4n-3c12. The van der Waals surface area contributed by atoms with Crippen LogP contribution in [0.4, 0.5) is 0 Å². The smallest absolute Gasteiger partial charge is 0.0899 e. The molecule has 2 aliphatic rings. The monoisotopic (exact) mass is 804 g/mol. The fourth-order valence-electron chi connectivity index (χ4n) is 9.74. The maximum Gasteiger partial charge on any atom is 0.0899 e. The Balaban J connectivity index is 1.16. The fraction of sp³-hybridized carbons (Fsp3) is 0. The number of rotatable bonds is 4. The Hall–Kier alpha value is -7.12. The van der Waals surface area contributed by atoms with E-state index in [4.69, 9.17) is 0 Å². The van der Waals surface area contributed by atoms with Gasteiger partial charge in [-0.15, -0.1) is 0 Å². The molecule has 2 unspecified atom stereocenters. The fourth-order valence-corrected chi connectivity index (χ4v) is 12.8. The molecule has 60 heavy (non-hydrogen) atoms. The van der Waals surface area contributed by atoms with Gasteiger partial charge in [-0.05, 0) is 57.6 Å². The molecule has 282 valence electrons. The van der Waals surface area contributed by atoms with Crippen molar-refractivity contribution >= 4 is 65.2 Å². The van der Waals surface area contributed by atoms with Gasteiger partial charge >= 0.3 is 0 Å². The molecular formula is C54H32N2O2S2. The van der Waals surface area contributed by atoms with E-state index in [9.17, 15) is 0 Å². The van der Waals surface area contributed by atoms with Crippen molar-refractivity contribution in [2.45, 2.75) is 19.6 Å². The van der Waals surface area contributed by atoms with Crippen LogP contribution in [0.2, 0.25) is 0 Å². The van der Waals surface area contributed by atoms with Gasteiger partial charge in [0.15, 0.2) is 0 Å². The van der Waals surface area contributed by atoms with Crippen LogP contribution in [0.3, 0.4) is 0 Å². The molecular weight excluding hydrogens is 773 g/mol. The predicted octanol–water partition coefficient (Wildman–Crippen LogP) is 13.5.